The van der Waals surface area contributed by atoms with E-state index < -0.39 is 0 Å². The van der Waals surface area contributed by atoms with Crippen molar-refractivity contribution in [1.82, 2.24) is 15.1 Å². The van der Waals surface area contributed by atoms with E-state index in [0.717, 1.165) is 25.8 Å². The van der Waals surface area contributed by atoms with E-state index in [1.165, 1.54) is 58.3 Å². The first-order chi connectivity index (χ1) is 10.2. The van der Waals surface area contributed by atoms with Gasteiger partial charge in [-0.15, -0.1) is 0 Å². The highest BCUT2D eigenvalue weighted by molar-refractivity contribution is 4.94. The molecular weight excluding hydrogens is 262 g/mol. The van der Waals surface area contributed by atoms with Crippen molar-refractivity contribution in [2.24, 2.45) is 5.41 Å². The average Bonchev–Trinajstić information content (AvgIpc) is 2.49. The third-order valence-electron chi connectivity index (χ3n) is 5.96. The number of piperazine rings is 1. The number of ether oxygens (including phenoxy) is 1. The van der Waals surface area contributed by atoms with Crippen molar-refractivity contribution in [1.29, 1.82) is 0 Å². The number of nitrogens with zero attached hydrogens (tertiary/aromatic N) is 2. The zero-order valence-electron chi connectivity index (χ0n) is 13.9. The predicted molar refractivity (Wildman–Crippen MR) is 86.7 cm³/mol. The molecule has 3 aliphatic heterocycles. The van der Waals surface area contributed by atoms with Crippen molar-refractivity contribution in [2.45, 2.75) is 51.1 Å². The third-order valence-corrected chi connectivity index (χ3v) is 5.96. The summed E-state index contributed by atoms with van der Waals surface area (Å²) in [7, 11) is 2.10. The topological polar surface area (TPSA) is 27.7 Å². The van der Waals surface area contributed by atoms with Crippen LogP contribution in [0.25, 0.3) is 0 Å². The largest absolute Gasteiger partial charge is 0.381 e. The first kappa shape index (κ1) is 15.7. The molecule has 2 atom stereocenters. The lowest BCUT2D eigenvalue weighted by Gasteiger charge is -2.51. The second-order valence-electron chi connectivity index (χ2n) is 7.57. The van der Waals surface area contributed by atoms with Gasteiger partial charge in [-0.2, -0.15) is 0 Å². The van der Waals surface area contributed by atoms with E-state index >= 15 is 0 Å². The smallest absolute Gasteiger partial charge is 0.0472 e. The minimum atomic E-state index is 0.429. The lowest BCUT2D eigenvalue weighted by atomic mass is 9.78. The second-order valence-corrected chi connectivity index (χ2v) is 7.57. The number of fused-ring (bicyclic) bond motifs is 1. The SMILES string of the molecule is CNCC1(CN2CC3CCCCN3CC2C)CCOCC1. The van der Waals surface area contributed by atoms with Crippen LogP contribution in [0.1, 0.15) is 39.0 Å². The van der Waals surface area contributed by atoms with Gasteiger partial charge in [0.2, 0.25) is 0 Å². The predicted octanol–water partition coefficient (Wildman–Crippen LogP) is 1.56. The van der Waals surface area contributed by atoms with E-state index in [2.05, 4.69) is 29.1 Å². The van der Waals surface area contributed by atoms with Crippen LogP contribution < -0.4 is 5.32 Å². The molecule has 0 saturated carbocycles. The van der Waals surface area contributed by atoms with Gasteiger partial charge in [-0.05, 0) is 51.6 Å². The summed E-state index contributed by atoms with van der Waals surface area (Å²) in [6.07, 6.45) is 6.67. The Labute approximate surface area is 130 Å². The summed E-state index contributed by atoms with van der Waals surface area (Å²) < 4.78 is 5.62. The molecule has 0 bridgehead atoms. The summed E-state index contributed by atoms with van der Waals surface area (Å²) in [6.45, 7) is 10.6. The van der Waals surface area contributed by atoms with Gasteiger partial charge in [0.25, 0.3) is 0 Å². The molecule has 1 N–H and O–H groups in total. The fourth-order valence-corrected chi connectivity index (χ4v) is 4.63. The summed E-state index contributed by atoms with van der Waals surface area (Å²) in [5.74, 6) is 0. The van der Waals surface area contributed by atoms with Crippen LogP contribution in [0.15, 0.2) is 0 Å². The van der Waals surface area contributed by atoms with Crippen LogP contribution in [0, 0.1) is 5.41 Å². The van der Waals surface area contributed by atoms with Crippen LogP contribution in [-0.4, -0.2) is 74.9 Å². The van der Waals surface area contributed by atoms with Gasteiger partial charge in [-0.25, -0.2) is 0 Å². The van der Waals surface area contributed by atoms with Gasteiger partial charge in [-0.1, -0.05) is 6.42 Å². The number of nitrogens with one attached hydrogen (secondary N) is 1. The zero-order chi connectivity index (χ0) is 14.7. The molecule has 0 aromatic carbocycles. The van der Waals surface area contributed by atoms with Crippen molar-refractivity contribution >= 4 is 0 Å². The lowest BCUT2D eigenvalue weighted by molar-refractivity contribution is -0.0419. The Morgan fingerprint density at radius 2 is 2.00 bits per heavy atom. The highest BCUT2D eigenvalue weighted by Crippen LogP contribution is 2.33. The highest BCUT2D eigenvalue weighted by Gasteiger charge is 2.39. The molecule has 3 rings (SSSR count). The van der Waals surface area contributed by atoms with Gasteiger partial charge in [0.1, 0.15) is 0 Å². The molecule has 2 unspecified atom stereocenters. The van der Waals surface area contributed by atoms with Crippen molar-refractivity contribution < 1.29 is 4.74 Å². The second kappa shape index (κ2) is 6.95. The number of rotatable bonds is 4. The van der Waals surface area contributed by atoms with Gasteiger partial charge >= 0.3 is 0 Å². The maximum absolute atomic E-state index is 5.62. The Bertz CT molecular complexity index is 324. The summed E-state index contributed by atoms with van der Waals surface area (Å²) in [5.41, 5.74) is 0.429. The van der Waals surface area contributed by atoms with Gasteiger partial charge in [0.15, 0.2) is 0 Å². The van der Waals surface area contributed by atoms with Gasteiger partial charge in [-0.3, -0.25) is 9.80 Å². The van der Waals surface area contributed by atoms with Gasteiger partial charge in [0.05, 0.1) is 0 Å². The van der Waals surface area contributed by atoms with E-state index in [1.807, 2.05) is 0 Å². The molecule has 0 aliphatic carbocycles. The maximum Gasteiger partial charge on any atom is 0.0472 e. The maximum atomic E-state index is 5.62. The number of hydrogen-bond donors (Lipinski definition) is 1. The molecule has 3 fully saturated rings. The molecule has 4 heteroatoms. The molecule has 3 saturated heterocycles. The highest BCUT2D eigenvalue weighted by atomic mass is 16.5. The van der Waals surface area contributed by atoms with E-state index in [4.69, 9.17) is 4.74 Å². The Morgan fingerprint density at radius 3 is 2.76 bits per heavy atom. The van der Waals surface area contributed by atoms with Gasteiger partial charge in [0, 0.05) is 51.5 Å². The molecule has 0 aromatic rings. The summed E-state index contributed by atoms with van der Waals surface area (Å²) in [5, 5.41) is 3.45. The van der Waals surface area contributed by atoms with Crippen molar-refractivity contribution in [3.8, 4) is 0 Å². The van der Waals surface area contributed by atoms with Crippen LogP contribution >= 0.6 is 0 Å². The van der Waals surface area contributed by atoms with E-state index in [0.29, 0.717) is 11.5 Å². The standard InChI is InChI=1S/C17H33N3O/c1-15-11-19-8-4-3-5-16(19)12-20(15)14-17(13-18-2)6-9-21-10-7-17/h15-16,18H,3-14H2,1-2H3. The van der Waals surface area contributed by atoms with Crippen molar-refractivity contribution in [3.63, 3.8) is 0 Å². The van der Waals surface area contributed by atoms with E-state index in [1.54, 1.807) is 0 Å². The molecule has 21 heavy (non-hydrogen) atoms. The molecule has 122 valence electrons. The summed E-state index contributed by atoms with van der Waals surface area (Å²) in [6, 6.07) is 1.53. The quantitative estimate of drug-likeness (QED) is 0.852. The molecular formula is C17H33N3O. The Hall–Kier alpha value is -0.160. The number of piperidine rings is 1. The Morgan fingerprint density at radius 1 is 1.19 bits per heavy atom. The van der Waals surface area contributed by atoms with Crippen LogP contribution in [0.3, 0.4) is 0 Å². The minimum absolute atomic E-state index is 0.429. The fraction of sp³-hybridized carbons (Fsp3) is 1.00. The van der Waals surface area contributed by atoms with Crippen LogP contribution in [-0.2, 0) is 4.74 Å². The zero-order valence-corrected chi connectivity index (χ0v) is 13.9. The Kier molecular flexibility index (Phi) is 5.20. The summed E-state index contributed by atoms with van der Waals surface area (Å²) >= 11 is 0. The number of hydrogen-bond acceptors (Lipinski definition) is 4. The van der Waals surface area contributed by atoms with E-state index in [9.17, 15) is 0 Å². The third kappa shape index (κ3) is 3.61. The molecule has 0 spiro atoms. The molecule has 4 nitrogen and oxygen atoms in total. The van der Waals surface area contributed by atoms with E-state index in [-0.39, 0.29) is 0 Å². The van der Waals surface area contributed by atoms with Gasteiger partial charge < -0.3 is 10.1 Å². The van der Waals surface area contributed by atoms with Crippen molar-refractivity contribution in [2.75, 3.05) is 53.0 Å². The average molecular weight is 295 g/mol. The minimum Gasteiger partial charge on any atom is -0.381 e. The fourth-order valence-electron chi connectivity index (χ4n) is 4.63. The van der Waals surface area contributed by atoms with Crippen LogP contribution in [0.2, 0.25) is 0 Å². The monoisotopic (exact) mass is 295 g/mol. The summed E-state index contributed by atoms with van der Waals surface area (Å²) in [4.78, 5) is 5.54. The lowest BCUT2D eigenvalue weighted by Crippen LogP contribution is -2.61. The first-order valence-electron chi connectivity index (χ1n) is 8.93. The molecule has 3 aliphatic rings. The van der Waals surface area contributed by atoms with Crippen LogP contribution in [0.5, 0.6) is 0 Å². The van der Waals surface area contributed by atoms with Crippen LogP contribution in [0.4, 0.5) is 0 Å². The normalized spacial score (nSPS) is 34.6. The molecule has 3 heterocycles. The molecule has 0 amide bonds. The molecule has 0 radical (unpaired) electrons. The molecule has 0 aromatic heterocycles. The Balaban J connectivity index is 1.64. The van der Waals surface area contributed by atoms with Crippen molar-refractivity contribution in [3.05, 3.63) is 0 Å². The first-order valence-corrected chi connectivity index (χ1v) is 8.93.